The second-order valence-electron chi connectivity index (χ2n) is 0.793. The fourth-order valence-electron chi connectivity index (χ4n) is 0.227. The lowest BCUT2D eigenvalue weighted by Gasteiger charge is -1.50. The molecule has 2 heteroatoms. The molecule has 0 radical (unpaired) electrons. The first kappa shape index (κ1) is 6.24. The topological polar surface area (TPSA) is 39.2 Å². The largest absolute Gasteiger partial charge is 0.473 e. The Morgan fingerprint density at radius 1 is 1.14 bits per heavy atom. The van der Waals surface area contributed by atoms with Gasteiger partial charge in [-0.1, -0.05) is 0 Å². The normalized spacial score (nSPS) is 6.57. The van der Waals surface area contributed by atoms with Crippen LogP contribution in [-0.4, -0.2) is 7.05 Å². The molecule has 0 aliphatic heterocycles. The lowest BCUT2D eigenvalue weighted by atomic mass is 10.7. The van der Waals surface area contributed by atoms with Gasteiger partial charge in [0.25, 0.3) is 0 Å². The fraction of sp³-hybridized carbons (Fsp3) is 0.200. The maximum Gasteiger partial charge on any atom is 0.0902 e. The Hall–Kier alpha value is -0.760. The minimum Gasteiger partial charge on any atom is -0.473 e. The van der Waals surface area contributed by atoms with Crippen LogP contribution in [0.2, 0.25) is 0 Å². The van der Waals surface area contributed by atoms with Gasteiger partial charge in [-0.2, -0.15) is 0 Å². The molecule has 40 valence electrons. The molecule has 0 unspecified atom stereocenters. The highest BCUT2D eigenvalue weighted by Crippen LogP contribution is 1.79. The van der Waals surface area contributed by atoms with Gasteiger partial charge in [0, 0.05) is 0 Å². The van der Waals surface area contributed by atoms with Crippen molar-refractivity contribution in [2.45, 2.75) is 0 Å². The number of rotatable bonds is 0. The lowest BCUT2D eigenvalue weighted by Crippen LogP contribution is -1.69. The smallest absolute Gasteiger partial charge is 0.0902 e. The second-order valence-corrected chi connectivity index (χ2v) is 0.793. The van der Waals surface area contributed by atoms with Crippen LogP contribution in [0.1, 0.15) is 0 Å². The molecule has 2 N–H and O–H groups in total. The van der Waals surface area contributed by atoms with Gasteiger partial charge in [0.1, 0.15) is 0 Å². The molecular formula is C5H9NO. The Balaban J connectivity index is 0.000000162. The van der Waals surface area contributed by atoms with Crippen LogP contribution in [-0.2, 0) is 0 Å². The molecule has 2 nitrogen and oxygen atoms in total. The number of hydrogen-bond acceptors (Lipinski definition) is 2. The Bertz CT molecular complexity index is 64.6. The van der Waals surface area contributed by atoms with Crippen LogP contribution in [0, 0.1) is 0 Å². The van der Waals surface area contributed by atoms with Gasteiger partial charge in [0.05, 0.1) is 12.5 Å². The molecule has 0 atom stereocenters. The molecule has 0 aliphatic rings. The molecular weight excluding hydrogens is 90.1 g/mol. The third-order valence-corrected chi connectivity index (χ3v) is 0.425. The molecule has 1 rings (SSSR count). The third kappa shape index (κ3) is 3.06. The van der Waals surface area contributed by atoms with Gasteiger partial charge in [-0.25, -0.2) is 0 Å². The summed E-state index contributed by atoms with van der Waals surface area (Å²) < 4.78 is 4.58. The molecule has 0 bridgehead atoms. The molecule has 0 fully saturated rings. The third-order valence-electron chi connectivity index (χ3n) is 0.425. The number of nitrogens with two attached hydrogens (primary N) is 1. The average molecular weight is 99.1 g/mol. The van der Waals surface area contributed by atoms with E-state index >= 15 is 0 Å². The number of furan rings is 1. The standard InChI is InChI=1S/C4H4O.CH5N/c1-2-4-5-3-1;1-2/h1-4H;2H2,1H3. The number of hydrogen-bond donors (Lipinski definition) is 1. The van der Waals surface area contributed by atoms with Crippen LogP contribution in [0.5, 0.6) is 0 Å². The van der Waals surface area contributed by atoms with Crippen molar-refractivity contribution in [3.05, 3.63) is 24.7 Å². The van der Waals surface area contributed by atoms with Crippen molar-refractivity contribution in [1.82, 2.24) is 0 Å². The second kappa shape index (κ2) is 5.24. The van der Waals surface area contributed by atoms with E-state index in [9.17, 15) is 0 Å². The highest BCUT2D eigenvalue weighted by atomic mass is 16.3. The molecule has 0 spiro atoms. The van der Waals surface area contributed by atoms with Crippen molar-refractivity contribution >= 4 is 0 Å². The zero-order chi connectivity index (χ0) is 5.54. The first-order valence-electron chi connectivity index (χ1n) is 2.05. The first-order valence-corrected chi connectivity index (χ1v) is 2.05. The molecule has 0 aliphatic carbocycles. The van der Waals surface area contributed by atoms with Crippen molar-refractivity contribution in [2.75, 3.05) is 7.05 Å². The Morgan fingerprint density at radius 2 is 1.57 bits per heavy atom. The minimum absolute atomic E-state index is 1.50. The summed E-state index contributed by atoms with van der Waals surface area (Å²) in [4.78, 5) is 0. The molecule has 0 saturated heterocycles. The SMILES string of the molecule is CN.c1ccoc1. The van der Waals surface area contributed by atoms with E-state index in [1.807, 2.05) is 12.1 Å². The maximum atomic E-state index is 4.58. The van der Waals surface area contributed by atoms with Crippen molar-refractivity contribution in [2.24, 2.45) is 5.73 Å². The van der Waals surface area contributed by atoms with E-state index in [1.54, 1.807) is 12.5 Å². The van der Waals surface area contributed by atoms with Gasteiger partial charge in [-0.15, -0.1) is 0 Å². The Morgan fingerprint density at radius 3 is 1.71 bits per heavy atom. The Labute approximate surface area is 42.9 Å². The van der Waals surface area contributed by atoms with Gasteiger partial charge >= 0.3 is 0 Å². The quantitative estimate of drug-likeness (QED) is 0.523. The zero-order valence-electron chi connectivity index (χ0n) is 4.29. The molecule has 1 aromatic rings. The molecule has 0 aromatic carbocycles. The van der Waals surface area contributed by atoms with Crippen molar-refractivity contribution in [1.29, 1.82) is 0 Å². The summed E-state index contributed by atoms with van der Waals surface area (Å²) in [6.45, 7) is 0. The highest BCUT2D eigenvalue weighted by molar-refractivity contribution is 4.79. The Kier molecular flexibility index (Phi) is 4.67. The van der Waals surface area contributed by atoms with E-state index < -0.39 is 0 Å². The molecule has 7 heavy (non-hydrogen) atoms. The van der Waals surface area contributed by atoms with Crippen LogP contribution in [0.3, 0.4) is 0 Å². The van der Waals surface area contributed by atoms with Gasteiger partial charge in [-0.3, -0.25) is 0 Å². The summed E-state index contributed by atoms with van der Waals surface area (Å²) >= 11 is 0. The average Bonchev–Trinajstić information content (AvgIpc) is 2.23. The van der Waals surface area contributed by atoms with Gasteiger partial charge in [0.2, 0.25) is 0 Å². The van der Waals surface area contributed by atoms with E-state index in [-0.39, 0.29) is 0 Å². The van der Waals surface area contributed by atoms with E-state index in [0.717, 1.165) is 0 Å². The lowest BCUT2D eigenvalue weighted by molar-refractivity contribution is 0.567. The van der Waals surface area contributed by atoms with Crippen LogP contribution >= 0.6 is 0 Å². The van der Waals surface area contributed by atoms with Crippen LogP contribution in [0.25, 0.3) is 0 Å². The summed E-state index contributed by atoms with van der Waals surface area (Å²) in [6.07, 6.45) is 3.25. The van der Waals surface area contributed by atoms with Gasteiger partial charge in [0.15, 0.2) is 0 Å². The molecule has 0 saturated carbocycles. The molecule has 1 aromatic heterocycles. The van der Waals surface area contributed by atoms with Crippen molar-refractivity contribution in [3.8, 4) is 0 Å². The monoisotopic (exact) mass is 99.1 g/mol. The minimum atomic E-state index is 1.50. The maximum absolute atomic E-state index is 4.58. The van der Waals surface area contributed by atoms with Gasteiger partial charge < -0.3 is 10.2 Å². The molecule has 1 heterocycles. The summed E-state index contributed by atoms with van der Waals surface area (Å²) in [5, 5.41) is 0. The summed E-state index contributed by atoms with van der Waals surface area (Å²) in [5.74, 6) is 0. The van der Waals surface area contributed by atoms with Crippen LogP contribution in [0.4, 0.5) is 0 Å². The van der Waals surface area contributed by atoms with E-state index in [2.05, 4.69) is 10.2 Å². The summed E-state index contributed by atoms with van der Waals surface area (Å²) in [6, 6.07) is 3.67. The fourth-order valence-corrected chi connectivity index (χ4v) is 0.227. The van der Waals surface area contributed by atoms with E-state index in [1.165, 1.54) is 7.05 Å². The van der Waals surface area contributed by atoms with Gasteiger partial charge in [-0.05, 0) is 19.2 Å². The predicted molar refractivity (Wildman–Crippen MR) is 28.8 cm³/mol. The van der Waals surface area contributed by atoms with E-state index in [4.69, 9.17) is 0 Å². The first-order chi connectivity index (χ1) is 3.50. The summed E-state index contributed by atoms with van der Waals surface area (Å²) in [7, 11) is 1.50. The van der Waals surface area contributed by atoms with Crippen molar-refractivity contribution < 1.29 is 4.42 Å². The highest BCUT2D eigenvalue weighted by Gasteiger charge is 1.58. The summed E-state index contributed by atoms with van der Waals surface area (Å²) in [5.41, 5.74) is 4.50. The van der Waals surface area contributed by atoms with Crippen molar-refractivity contribution in [3.63, 3.8) is 0 Å². The molecule has 0 amide bonds. The zero-order valence-corrected chi connectivity index (χ0v) is 4.29. The predicted octanol–water partition coefficient (Wildman–Crippen LogP) is 0.855. The van der Waals surface area contributed by atoms with E-state index in [0.29, 0.717) is 0 Å². The van der Waals surface area contributed by atoms with Crippen LogP contribution in [0.15, 0.2) is 29.1 Å². The van der Waals surface area contributed by atoms with Crippen LogP contribution < -0.4 is 5.73 Å².